The third-order valence-electron chi connectivity index (χ3n) is 4.67. The second-order valence-corrected chi connectivity index (χ2v) is 6.49. The molecule has 2 amide bonds. The lowest BCUT2D eigenvalue weighted by atomic mass is 9.99. The molecule has 1 aromatic rings. The Bertz CT molecular complexity index is 547. The fourth-order valence-electron chi connectivity index (χ4n) is 2.94. The number of carbonyl (C=O) groups is 2. The number of ether oxygens (including phenoxy) is 1. The van der Waals surface area contributed by atoms with E-state index in [1.165, 1.54) is 6.26 Å². The molecule has 2 heterocycles. The zero-order chi connectivity index (χ0) is 17.5. The van der Waals surface area contributed by atoms with Crippen LogP contribution in [0.5, 0.6) is 0 Å². The first-order chi connectivity index (χ1) is 11.5. The number of furan rings is 1. The zero-order valence-corrected chi connectivity index (χ0v) is 14.9. The lowest BCUT2D eigenvalue weighted by Crippen LogP contribution is -2.41. The van der Waals surface area contributed by atoms with Crippen LogP contribution in [0.1, 0.15) is 42.3 Å². The minimum atomic E-state index is -0.113. The van der Waals surface area contributed by atoms with Crippen molar-refractivity contribution in [2.24, 2.45) is 5.92 Å². The summed E-state index contributed by atoms with van der Waals surface area (Å²) < 4.78 is 10.3. The first-order valence-electron chi connectivity index (χ1n) is 8.63. The van der Waals surface area contributed by atoms with Crippen molar-refractivity contribution in [2.45, 2.75) is 33.1 Å². The summed E-state index contributed by atoms with van der Waals surface area (Å²) >= 11 is 0. The molecule has 2 rings (SSSR count). The third-order valence-corrected chi connectivity index (χ3v) is 4.67. The van der Waals surface area contributed by atoms with E-state index in [0.717, 1.165) is 25.9 Å². The van der Waals surface area contributed by atoms with E-state index in [1.807, 2.05) is 4.90 Å². The largest absolute Gasteiger partial charge is 0.469 e. The third kappa shape index (κ3) is 4.84. The van der Waals surface area contributed by atoms with Gasteiger partial charge in [-0.2, -0.15) is 0 Å². The predicted molar refractivity (Wildman–Crippen MR) is 90.8 cm³/mol. The number of methoxy groups -OCH3 is 1. The van der Waals surface area contributed by atoms with E-state index in [9.17, 15) is 9.59 Å². The molecule has 1 aliphatic rings. The van der Waals surface area contributed by atoms with Crippen LogP contribution in [-0.2, 0) is 9.53 Å². The van der Waals surface area contributed by atoms with Crippen LogP contribution < -0.4 is 0 Å². The minimum Gasteiger partial charge on any atom is -0.469 e. The fraction of sp³-hybridized carbons (Fsp3) is 0.667. The van der Waals surface area contributed by atoms with Gasteiger partial charge in [-0.05, 0) is 31.7 Å². The lowest BCUT2D eigenvalue weighted by Gasteiger charge is -2.31. The molecule has 6 nitrogen and oxygen atoms in total. The molecule has 0 saturated carbocycles. The zero-order valence-electron chi connectivity index (χ0n) is 14.9. The van der Waals surface area contributed by atoms with Crippen molar-refractivity contribution >= 4 is 11.8 Å². The Kier molecular flexibility index (Phi) is 6.85. The summed E-state index contributed by atoms with van der Waals surface area (Å²) in [5, 5.41) is 0. The van der Waals surface area contributed by atoms with Gasteiger partial charge < -0.3 is 19.0 Å². The molecule has 6 heteroatoms. The van der Waals surface area contributed by atoms with E-state index in [1.54, 1.807) is 25.0 Å². The molecular weight excluding hydrogens is 308 g/mol. The highest BCUT2D eigenvalue weighted by Gasteiger charge is 2.23. The van der Waals surface area contributed by atoms with E-state index in [2.05, 4.69) is 6.92 Å². The molecule has 1 saturated heterocycles. The van der Waals surface area contributed by atoms with Crippen LogP contribution in [-0.4, -0.2) is 61.5 Å². The highest BCUT2D eigenvalue weighted by Crippen LogP contribution is 2.17. The minimum absolute atomic E-state index is 0.113. The van der Waals surface area contributed by atoms with Crippen molar-refractivity contribution in [3.8, 4) is 0 Å². The van der Waals surface area contributed by atoms with Crippen LogP contribution in [0.4, 0.5) is 0 Å². The summed E-state index contributed by atoms with van der Waals surface area (Å²) in [6.45, 7) is 6.95. The first kappa shape index (κ1) is 18.5. The summed E-state index contributed by atoms with van der Waals surface area (Å²) in [6, 6.07) is 1.67. The molecule has 0 bridgehead atoms. The number of carbonyl (C=O) groups excluding carboxylic acids is 2. The predicted octanol–water partition coefficient (Wildman–Crippen LogP) is 2.33. The molecule has 0 radical (unpaired) electrons. The van der Waals surface area contributed by atoms with Gasteiger partial charge in [0.15, 0.2) is 0 Å². The van der Waals surface area contributed by atoms with Crippen LogP contribution in [0.15, 0.2) is 16.7 Å². The van der Waals surface area contributed by atoms with Gasteiger partial charge in [-0.1, -0.05) is 6.92 Å². The smallest absolute Gasteiger partial charge is 0.257 e. The number of likely N-dealkylation sites (tertiary alicyclic amines) is 1. The average Bonchev–Trinajstić information content (AvgIpc) is 3.01. The Hall–Kier alpha value is -1.82. The van der Waals surface area contributed by atoms with Gasteiger partial charge in [-0.15, -0.1) is 0 Å². The molecule has 0 atom stereocenters. The SMILES string of the molecule is COCCN(CCC(=O)N1CCC(C)CC1)C(=O)c1ccoc1C. The van der Waals surface area contributed by atoms with Gasteiger partial charge in [-0.25, -0.2) is 0 Å². The van der Waals surface area contributed by atoms with Crippen LogP contribution >= 0.6 is 0 Å². The van der Waals surface area contributed by atoms with Crippen LogP contribution in [0.3, 0.4) is 0 Å². The van der Waals surface area contributed by atoms with E-state index in [0.29, 0.717) is 43.4 Å². The summed E-state index contributed by atoms with van der Waals surface area (Å²) in [5.41, 5.74) is 0.547. The van der Waals surface area contributed by atoms with Gasteiger partial charge in [0.05, 0.1) is 18.4 Å². The highest BCUT2D eigenvalue weighted by molar-refractivity contribution is 5.95. The number of hydrogen-bond acceptors (Lipinski definition) is 4. The van der Waals surface area contributed by atoms with Gasteiger partial charge in [0.1, 0.15) is 5.76 Å². The first-order valence-corrected chi connectivity index (χ1v) is 8.63. The molecule has 134 valence electrons. The Balaban J connectivity index is 1.92. The second-order valence-electron chi connectivity index (χ2n) is 6.49. The van der Waals surface area contributed by atoms with Crippen LogP contribution in [0.2, 0.25) is 0 Å². The second kappa shape index (κ2) is 8.87. The maximum Gasteiger partial charge on any atom is 0.257 e. The number of amides is 2. The van der Waals surface area contributed by atoms with Crippen molar-refractivity contribution in [1.29, 1.82) is 0 Å². The molecular formula is C18H28N2O4. The van der Waals surface area contributed by atoms with Crippen molar-refractivity contribution in [3.63, 3.8) is 0 Å². The average molecular weight is 336 g/mol. The van der Waals surface area contributed by atoms with Gasteiger partial charge in [0.25, 0.3) is 5.91 Å². The summed E-state index contributed by atoms with van der Waals surface area (Å²) in [7, 11) is 1.60. The highest BCUT2D eigenvalue weighted by atomic mass is 16.5. The Morgan fingerprint density at radius 2 is 2.04 bits per heavy atom. The van der Waals surface area contributed by atoms with Gasteiger partial charge >= 0.3 is 0 Å². The standard InChI is InChI=1S/C18H28N2O4/c1-14-4-8-19(9-5-14)17(21)6-10-20(11-13-23-3)18(22)16-7-12-24-15(16)2/h7,12,14H,4-6,8-11,13H2,1-3H3. The number of piperidine rings is 1. The van der Waals surface area contributed by atoms with Crippen molar-refractivity contribution in [3.05, 3.63) is 23.7 Å². The monoisotopic (exact) mass is 336 g/mol. The molecule has 0 unspecified atom stereocenters. The topological polar surface area (TPSA) is 63.0 Å². The number of rotatable bonds is 7. The summed E-state index contributed by atoms with van der Waals surface area (Å²) in [4.78, 5) is 28.6. The lowest BCUT2D eigenvalue weighted by molar-refractivity contribution is -0.132. The van der Waals surface area contributed by atoms with E-state index < -0.39 is 0 Å². The van der Waals surface area contributed by atoms with Crippen LogP contribution in [0, 0.1) is 12.8 Å². The van der Waals surface area contributed by atoms with Crippen molar-refractivity contribution in [2.75, 3.05) is 39.9 Å². The molecule has 24 heavy (non-hydrogen) atoms. The Labute approximate surface area is 143 Å². The van der Waals surface area contributed by atoms with E-state index >= 15 is 0 Å². The molecule has 1 aliphatic heterocycles. The maximum absolute atomic E-state index is 12.6. The molecule has 1 aromatic heterocycles. The number of hydrogen-bond donors (Lipinski definition) is 0. The maximum atomic E-state index is 12.6. The number of aryl methyl sites for hydroxylation is 1. The van der Waals surface area contributed by atoms with Gasteiger partial charge in [0, 0.05) is 39.7 Å². The summed E-state index contributed by atoms with van der Waals surface area (Å²) in [6.07, 6.45) is 3.98. The molecule has 0 spiro atoms. The molecule has 1 fully saturated rings. The quantitative estimate of drug-likeness (QED) is 0.767. The van der Waals surface area contributed by atoms with Crippen molar-refractivity contribution in [1.82, 2.24) is 9.80 Å². The van der Waals surface area contributed by atoms with Crippen molar-refractivity contribution < 1.29 is 18.7 Å². The summed E-state index contributed by atoms with van der Waals surface area (Å²) in [5.74, 6) is 1.30. The van der Waals surface area contributed by atoms with E-state index in [-0.39, 0.29) is 11.8 Å². The molecule has 0 aliphatic carbocycles. The van der Waals surface area contributed by atoms with Gasteiger partial charge in [0.2, 0.25) is 5.91 Å². The molecule has 0 N–H and O–H groups in total. The van der Waals surface area contributed by atoms with E-state index in [4.69, 9.17) is 9.15 Å². The number of nitrogens with zero attached hydrogens (tertiary/aromatic N) is 2. The van der Waals surface area contributed by atoms with Gasteiger partial charge in [-0.3, -0.25) is 9.59 Å². The van der Waals surface area contributed by atoms with Crippen LogP contribution in [0.25, 0.3) is 0 Å². The Morgan fingerprint density at radius 3 is 2.62 bits per heavy atom. The molecule has 0 aromatic carbocycles. The Morgan fingerprint density at radius 1 is 1.33 bits per heavy atom. The fourth-order valence-corrected chi connectivity index (χ4v) is 2.94. The normalized spacial score (nSPS) is 15.5.